The van der Waals surface area contributed by atoms with Gasteiger partial charge in [-0.2, -0.15) is 0 Å². The number of hydrogen-bond donors (Lipinski definition) is 1. The van der Waals surface area contributed by atoms with Gasteiger partial charge in [0.15, 0.2) is 0 Å². The molecule has 0 bridgehead atoms. The first-order valence-electron chi connectivity index (χ1n) is 6.15. The van der Waals surface area contributed by atoms with Gasteiger partial charge in [-0.3, -0.25) is 4.90 Å². The van der Waals surface area contributed by atoms with Crippen molar-refractivity contribution < 1.29 is 13.5 Å². The highest BCUT2D eigenvalue weighted by atomic mass is 19.1. The van der Waals surface area contributed by atoms with Gasteiger partial charge in [-0.25, -0.2) is 8.78 Å². The lowest BCUT2D eigenvalue weighted by Crippen LogP contribution is -2.40. The molecular formula is C13H18F2N2O. The summed E-state index contributed by atoms with van der Waals surface area (Å²) >= 11 is 0. The van der Waals surface area contributed by atoms with Crippen LogP contribution in [0.15, 0.2) is 18.2 Å². The van der Waals surface area contributed by atoms with Crippen molar-refractivity contribution in [3.05, 3.63) is 35.4 Å². The molecule has 2 rings (SSSR count). The molecule has 1 heterocycles. The van der Waals surface area contributed by atoms with Crippen LogP contribution < -0.4 is 5.73 Å². The van der Waals surface area contributed by atoms with Crippen molar-refractivity contribution >= 4 is 0 Å². The summed E-state index contributed by atoms with van der Waals surface area (Å²) in [6.07, 6.45) is 0. The van der Waals surface area contributed by atoms with Gasteiger partial charge in [-0.05, 0) is 17.7 Å². The molecule has 1 aliphatic heterocycles. The van der Waals surface area contributed by atoms with Crippen molar-refractivity contribution in [2.24, 2.45) is 5.73 Å². The van der Waals surface area contributed by atoms with Gasteiger partial charge >= 0.3 is 0 Å². The van der Waals surface area contributed by atoms with Crippen LogP contribution in [0.1, 0.15) is 11.5 Å². The molecule has 1 aliphatic rings. The van der Waals surface area contributed by atoms with E-state index in [0.717, 1.165) is 19.2 Å². The Morgan fingerprint density at radius 3 is 2.33 bits per heavy atom. The van der Waals surface area contributed by atoms with Gasteiger partial charge in [-0.15, -0.1) is 0 Å². The molecule has 0 aromatic heterocycles. The molecule has 0 saturated carbocycles. The Kier molecular flexibility index (Phi) is 4.63. The van der Waals surface area contributed by atoms with E-state index in [-0.39, 0.29) is 5.92 Å². The van der Waals surface area contributed by atoms with Crippen LogP contribution in [-0.2, 0) is 4.74 Å². The van der Waals surface area contributed by atoms with E-state index < -0.39 is 11.6 Å². The summed E-state index contributed by atoms with van der Waals surface area (Å²) in [5.74, 6) is -1.15. The number of nitrogens with two attached hydrogens (primary N) is 1. The van der Waals surface area contributed by atoms with Crippen molar-refractivity contribution in [3.63, 3.8) is 0 Å². The lowest BCUT2D eigenvalue weighted by Gasteiger charge is -2.30. The molecule has 100 valence electrons. The summed E-state index contributed by atoms with van der Waals surface area (Å²) < 4.78 is 31.6. The maximum Gasteiger partial charge on any atom is 0.126 e. The fraction of sp³-hybridized carbons (Fsp3) is 0.538. The van der Waals surface area contributed by atoms with E-state index in [4.69, 9.17) is 10.5 Å². The summed E-state index contributed by atoms with van der Waals surface area (Å²) in [7, 11) is 0. The van der Waals surface area contributed by atoms with E-state index in [1.54, 1.807) is 0 Å². The average Bonchev–Trinajstić information content (AvgIpc) is 2.36. The first-order valence-corrected chi connectivity index (χ1v) is 6.15. The third-order valence-electron chi connectivity index (χ3n) is 3.22. The molecule has 0 radical (unpaired) electrons. The Balaban J connectivity index is 2.06. The SMILES string of the molecule is NCC(CN1CCOCC1)c1cc(F)cc(F)c1. The zero-order valence-electron chi connectivity index (χ0n) is 10.2. The highest BCUT2D eigenvalue weighted by Gasteiger charge is 2.18. The standard InChI is InChI=1S/C13H18F2N2O/c14-12-5-10(6-13(15)7-12)11(8-16)9-17-1-3-18-4-2-17/h5-7,11H,1-4,8-9,16H2. The van der Waals surface area contributed by atoms with Crippen LogP contribution in [0.2, 0.25) is 0 Å². The highest BCUT2D eigenvalue weighted by Crippen LogP contribution is 2.19. The van der Waals surface area contributed by atoms with Crippen LogP contribution in [0.5, 0.6) is 0 Å². The number of nitrogens with zero attached hydrogens (tertiary/aromatic N) is 1. The zero-order chi connectivity index (χ0) is 13.0. The van der Waals surface area contributed by atoms with Crippen molar-refractivity contribution in [1.29, 1.82) is 0 Å². The first kappa shape index (κ1) is 13.4. The number of hydrogen-bond acceptors (Lipinski definition) is 3. The largest absolute Gasteiger partial charge is 0.379 e. The lowest BCUT2D eigenvalue weighted by atomic mass is 9.98. The van der Waals surface area contributed by atoms with E-state index in [9.17, 15) is 8.78 Å². The predicted octanol–water partition coefficient (Wildman–Crippen LogP) is 1.34. The molecule has 2 N–H and O–H groups in total. The summed E-state index contributed by atoms with van der Waals surface area (Å²) in [5, 5.41) is 0. The van der Waals surface area contributed by atoms with Crippen LogP contribution in [0.25, 0.3) is 0 Å². The van der Waals surface area contributed by atoms with Crippen molar-refractivity contribution in [1.82, 2.24) is 4.90 Å². The Hall–Kier alpha value is -1.04. The number of rotatable bonds is 4. The fourth-order valence-electron chi connectivity index (χ4n) is 2.22. The molecule has 5 heteroatoms. The average molecular weight is 256 g/mol. The third-order valence-corrected chi connectivity index (χ3v) is 3.22. The molecule has 1 aromatic rings. The maximum absolute atomic E-state index is 13.2. The maximum atomic E-state index is 13.2. The minimum atomic E-state index is -0.551. The summed E-state index contributed by atoms with van der Waals surface area (Å²) in [6.45, 7) is 4.18. The van der Waals surface area contributed by atoms with Crippen LogP contribution in [0.3, 0.4) is 0 Å². The monoisotopic (exact) mass is 256 g/mol. The molecule has 1 atom stereocenters. The van der Waals surface area contributed by atoms with Crippen molar-refractivity contribution in [2.75, 3.05) is 39.4 Å². The molecule has 0 spiro atoms. The van der Waals surface area contributed by atoms with E-state index in [1.807, 2.05) is 0 Å². The van der Waals surface area contributed by atoms with Gasteiger partial charge in [0.05, 0.1) is 13.2 Å². The van der Waals surface area contributed by atoms with Crippen LogP contribution >= 0.6 is 0 Å². The third kappa shape index (κ3) is 3.48. The fourth-order valence-corrected chi connectivity index (χ4v) is 2.22. The lowest BCUT2D eigenvalue weighted by molar-refractivity contribution is 0.0353. The van der Waals surface area contributed by atoms with Gasteiger partial charge in [0.2, 0.25) is 0 Å². The van der Waals surface area contributed by atoms with Crippen molar-refractivity contribution in [3.8, 4) is 0 Å². The molecular weight excluding hydrogens is 238 g/mol. The second-order valence-corrected chi connectivity index (χ2v) is 4.55. The molecule has 1 fully saturated rings. The Bertz CT molecular complexity index is 374. The molecule has 3 nitrogen and oxygen atoms in total. The summed E-state index contributed by atoms with van der Waals surface area (Å²) in [4.78, 5) is 2.21. The van der Waals surface area contributed by atoms with E-state index in [0.29, 0.717) is 31.9 Å². The van der Waals surface area contributed by atoms with Gasteiger partial charge in [0.25, 0.3) is 0 Å². The van der Waals surface area contributed by atoms with E-state index >= 15 is 0 Å². The number of morpholine rings is 1. The van der Waals surface area contributed by atoms with Gasteiger partial charge in [0, 0.05) is 38.2 Å². The first-order chi connectivity index (χ1) is 8.69. The Labute approximate surface area is 106 Å². The van der Waals surface area contributed by atoms with E-state index in [2.05, 4.69) is 4.90 Å². The second-order valence-electron chi connectivity index (χ2n) is 4.55. The van der Waals surface area contributed by atoms with Crippen LogP contribution in [0, 0.1) is 11.6 Å². The van der Waals surface area contributed by atoms with Crippen LogP contribution in [0.4, 0.5) is 8.78 Å². The predicted molar refractivity (Wildman–Crippen MR) is 65.4 cm³/mol. The normalized spacial score (nSPS) is 18.8. The molecule has 18 heavy (non-hydrogen) atoms. The Morgan fingerprint density at radius 2 is 1.78 bits per heavy atom. The van der Waals surface area contributed by atoms with E-state index in [1.165, 1.54) is 12.1 Å². The molecule has 0 aliphatic carbocycles. The number of benzene rings is 1. The quantitative estimate of drug-likeness (QED) is 0.883. The Morgan fingerprint density at radius 1 is 1.17 bits per heavy atom. The number of ether oxygens (including phenoxy) is 1. The second kappa shape index (κ2) is 6.22. The minimum Gasteiger partial charge on any atom is -0.379 e. The van der Waals surface area contributed by atoms with Gasteiger partial charge in [0.1, 0.15) is 11.6 Å². The topological polar surface area (TPSA) is 38.5 Å². The summed E-state index contributed by atoms with van der Waals surface area (Å²) in [5.41, 5.74) is 6.35. The minimum absolute atomic E-state index is 0.0479. The van der Waals surface area contributed by atoms with Gasteiger partial charge < -0.3 is 10.5 Å². The number of halogens is 2. The van der Waals surface area contributed by atoms with Crippen molar-refractivity contribution in [2.45, 2.75) is 5.92 Å². The highest BCUT2D eigenvalue weighted by molar-refractivity contribution is 5.22. The molecule has 1 saturated heterocycles. The molecule has 0 amide bonds. The van der Waals surface area contributed by atoms with Crippen LogP contribution in [-0.4, -0.2) is 44.3 Å². The molecule has 1 aromatic carbocycles. The van der Waals surface area contributed by atoms with Gasteiger partial charge in [-0.1, -0.05) is 0 Å². The molecule has 1 unspecified atom stereocenters. The smallest absolute Gasteiger partial charge is 0.126 e. The summed E-state index contributed by atoms with van der Waals surface area (Å²) in [6, 6.07) is 3.61. The zero-order valence-corrected chi connectivity index (χ0v) is 10.2.